The van der Waals surface area contributed by atoms with Gasteiger partial charge in [0, 0.05) is 25.4 Å². The summed E-state index contributed by atoms with van der Waals surface area (Å²) in [5, 5.41) is 16.4. The van der Waals surface area contributed by atoms with Crippen molar-refractivity contribution in [1.29, 1.82) is 0 Å². The first-order chi connectivity index (χ1) is 10.1. The monoisotopic (exact) mass is 305 g/mol. The van der Waals surface area contributed by atoms with E-state index in [1.165, 1.54) is 10.4 Å². The number of nitrogens with zero attached hydrogens (tertiary/aromatic N) is 3. The third kappa shape index (κ3) is 3.36. The van der Waals surface area contributed by atoms with Crippen molar-refractivity contribution in [3.05, 3.63) is 29.3 Å². The highest BCUT2D eigenvalue weighted by atomic mass is 32.1. The lowest BCUT2D eigenvalue weighted by Gasteiger charge is -2.33. The first-order valence-corrected chi connectivity index (χ1v) is 8.48. The van der Waals surface area contributed by atoms with E-state index in [0.717, 1.165) is 38.2 Å². The van der Waals surface area contributed by atoms with Gasteiger partial charge in [-0.15, -0.1) is 11.3 Å². The Morgan fingerprint density at radius 1 is 1.43 bits per heavy atom. The van der Waals surface area contributed by atoms with Crippen LogP contribution in [0, 0.1) is 5.92 Å². The molecule has 3 heterocycles. The van der Waals surface area contributed by atoms with Crippen molar-refractivity contribution in [3.8, 4) is 10.6 Å². The molecular formula is C16H23N3OS. The molecule has 21 heavy (non-hydrogen) atoms. The van der Waals surface area contributed by atoms with Gasteiger partial charge in [-0.25, -0.2) is 0 Å². The first kappa shape index (κ1) is 14.8. The van der Waals surface area contributed by atoms with Gasteiger partial charge in [0.15, 0.2) is 0 Å². The maximum Gasteiger partial charge on any atom is 0.107 e. The average molecular weight is 305 g/mol. The number of piperidine rings is 1. The molecule has 0 spiro atoms. The van der Waals surface area contributed by atoms with Crippen molar-refractivity contribution in [2.45, 2.75) is 32.4 Å². The summed E-state index contributed by atoms with van der Waals surface area (Å²) in [5.74, 6) is 0.465. The summed E-state index contributed by atoms with van der Waals surface area (Å²) in [5.41, 5.74) is 2.42. The van der Waals surface area contributed by atoms with Gasteiger partial charge in [-0.3, -0.25) is 9.58 Å². The van der Waals surface area contributed by atoms with Crippen LogP contribution in [0.3, 0.4) is 0 Å². The molecule has 1 aliphatic rings. The van der Waals surface area contributed by atoms with Crippen LogP contribution in [0.15, 0.2) is 23.7 Å². The number of hydrogen-bond donors (Lipinski definition) is 1. The average Bonchev–Trinajstić information content (AvgIpc) is 3.09. The molecule has 0 amide bonds. The van der Waals surface area contributed by atoms with Crippen molar-refractivity contribution in [2.75, 3.05) is 13.1 Å². The third-order valence-electron chi connectivity index (χ3n) is 4.37. The van der Waals surface area contributed by atoms with E-state index in [2.05, 4.69) is 33.7 Å². The van der Waals surface area contributed by atoms with Gasteiger partial charge in [0.25, 0.3) is 0 Å². The van der Waals surface area contributed by atoms with Gasteiger partial charge < -0.3 is 5.11 Å². The summed E-state index contributed by atoms with van der Waals surface area (Å²) in [7, 11) is 1.99. The summed E-state index contributed by atoms with van der Waals surface area (Å²) in [4.78, 5) is 3.72. The molecule has 0 aliphatic carbocycles. The van der Waals surface area contributed by atoms with E-state index in [0.29, 0.717) is 5.92 Å². The molecule has 1 aliphatic heterocycles. The normalized spacial score (nSPS) is 19.0. The highest BCUT2D eigenvalue weighted by Gasteiger charge is 2.23. The lowest BCUT2D eigenvalue weighted by molar-refractivity contribution is 0.0696. The molecule has 0 bridgehead atoms. The number of aryl methyl sites for hydroxylation is 1. The lowest BCUT2D eigenvalue weighted by atomic mass is 9.92. The molecule has 2 aromatic heterocycles. The molecule has 5 heteroatoms. The maximum absolute atomic E-state index is 9.70. The van der Waals surface area contributed by atoms with E-state index in [1.807, 2.05) is 18.7 Å². The fraction of sp³-hybridized carbons (Fsp3) is 0.562. The molecule has 3 rings (SSSR count). The largest absolute Gasteiger partial charge is 0.393 e. The highest BCUT2D eigenvalue weighted by Crippen LogP contribution is 2.28. The van der Waals surface area contributed by atoms with E-state index in [9.17, 15) is 5.11 Å². The Bertz CT molecular complexity index is 568. The highest BCUT2D eigenvalue weighted by molar-refractivity contribution is 7.13. The Labute approximate surface area is 130 Å². The van der Waals surface area contributed by atoms with Gasteiger partial charge in [0.1, 0.15) is 5.69 Å². The van der Waals surface area contributed by atoms with Crippen LogP contribution in [0.25, 0.3) is 10.6 Å². The van der Waals surface area contributed by atoms with Crippen LogP contribution in [-0.2, 0) is 13.6 Å². The molecule has 1 unspecified atom stereocenters. The Hall–Kier alpha value is -1.17. The Morgan fingerprint density at radius 2 is 2.19 bits per heavy atom. The number of likely N-dealkylation sites (tertiary alicyclic amines) is 1. The minimum atomic E-state index is -0.174. The third-order valence-corrected chi connectivity index (χ3v) is 5.24. The zero-order valence-corrected chi connectivity index (χ0v) is 13.5. The standard InChI is InChI=1S/C16H23N3OS/c1-12(20)13-5-7-19(8-6-13)11-14-10-18(2)17-16(14)15-4-3-9-21-15/h3-4,9-10,12-13,20H,5-8,11H2,1-2H3. The van der Waals surface area contributed by atoms with Crippen molar-refractivity contribution in [3.63, 3.8) is 0 Å². The van der Waals surface area contributed by atoms with E-state index < -0.39 is 0 Å². The summed E-state index contributed by atoms with van der Waals surface area (Å²) in [6.45, 7) is 4.99. The van der Waals surface area contributed by atoms with Gasteiger partial charge in [-0.1, -0.05) is 6.07 Å². The summed E-state index contributed by atoms with van der Waals surface area (Å²) >= 11 is 1.74. The molecule has 1 N–H and O–H groups in total. The van der Waals surface area contributed by atoms with E-state index in [4.69, 9.17) is 0 Å². The van der Waals surface area contributed by atoms with Crippen molar-refractivity contribution < 1.29 is 5.11 Å². The molecule has 1 atom stereocenters. The van der Waals surface area contributed by atoms with Crippen LogP contribution >= 0.6 is 11.3 Å². The molecule has 1 saturated heterocycles. The van der Waals surface area contributed by atoms with E-state index in [-0.39, 0.29) is 6.10 Å². The van der Waals surface area contributed by atoms with E-state index in [1.54, 1.807) is 11.3 Å². The minimum absolute atomic E-state index is 0.174. The molecule has 0 radical (unpaired) electrons. The lowest BCUT2D eigenvalue weighted by Crippen LogP contribution is -2.36. The predicted molar refractivity (Wildman–Crippen MR) is 86.2 cm³/mol. The summed E-state index contributed by atoms with van der Waals surface area (Å²) < 4.78 is 1.91. The maximum atomic E-state index is 9.70. The second kappa shape index (κ2) is 6.30. The van der Waals surface area contributed by atoms with Gasteiger partial charge >= 0.3 is 0 Å². The van der Waals surface area contributed by atoms with Gasteiger partial charge in [-0.05, 0) is 50.2 Å². The van der Waals surface area contributed by atoms with Crippen LogP contribution in [0.5, 0.6) is 0 Å². The first-order valence-electron chi connectivity index (χ1n) is 7.60. The van der Waals surface area contributed by atoms with E-state index >= 15 is 0 Å². The minimum Gasteiger partial charge on any atom is -0.393 e. The predicted octanol–water partition coefficient (Wildman–Crippen LogP) is 2.74. The molecule has 2 aromatic rings. The molecule has 4 nitrogen and oxygen atoms in total. The topological polar surface area (TPSA) is 41.3 Å². The Morgan fingerprint density at radius 3 is 2.81 bits per heavy atom. The molecule has 114 valence electrons. The number of aliphatic hydroxyl groups excluding tert-OH is 1. The molecular weight excluding hydrogens is 282 g/mol. The zero-order valence-electron chi connectivity index (χ0n) is 12.7. The molecule has 0 aromatic carbocycles. The molecule has 1 fully saturated rings. The van der Waals surface area contributed by atoms with Crippen LogP contribution in [0.4, 0.5) is 0 Å². The van der Waals surface area contributed by atoms with Crippen LogP contribution in [0.1, 0.15) is 25.3 Å². The summed E-state index contributed by atoms with van der Waals surface area (Å²) in [6, 6.07) is 4.21. The van der Waals surface area contributed by atoms with Crippen molar-refractivity contribution >= 4 is 11.3 Å². The fourth-order valence-electron chi connectivity index (χ4n) is 3.11. The zero-order chi connectivity index (χ0) is 14.8. The van der Waals surface area contributed by atoms with Gasteiger partial charge in [0.2, 0.25) is 0 Å². The second-order valence-corrected chi connectivity index (χ2v) is 6.96. The molecule has 0 saturated carbocycles. The summed E-state index contributed by atoms with van der Waals surface area (Å²) in [6.07, 6.45) is 4.14. The Balaban J connectivity index is 1.69. The number of hydrogen-bond acceptors (Lipinski definition) is 4. The van der Waals surface area contributed by atoms with Crippen molar-refractivity contribution in [1.82, 2.24) is 14.7 Å². The van der Waals surface area contributed by atoms with Crippen LogP contribution < -0.4 is 0 Å². The van der Waals surface area contributed by atoms with Crippen LogP contribution in [0.2, 0.25) is 0 Å². The van der Waals surface area contributed by atoms with Gasteiger partial charge in [-0.2, -0.15) is 5.10 Å². The number of rotatable bonds is 4. The van der Waals surface area contributed by atoms with Gasteiger partial charge in [0.05, 0.1) is 11.0 Å². The fourth-order valence-corrected chi connectivity index (χ4v) is 3.85. The number of aliphatic hydroxyl groups is 1. The quantitative estimate of drug-likeness (QED) is 0.944. The number of aromatic nitrogens is 2. The van der Waals surface area contributed by atoms with Crippen molar-refractivity contribution in [2.24, 2.45) is 13.0 Å². The second-order valence-electron chi connectivity index (χ2n) is 6.01. The number of thiophene rings is 1. The van der Waals surface area contributed by atoms with Crippen LogP contribution in [-0.4, -0.2) is 39.0 Å². The Kier molecular flexibility index (Phi) is 4.42. The SMILES string of the molecule is CC(O)C1CCN(Cc2cn(C)nc2-c2cccs2)CC1. The smallest absolute Gasteiger partial charge is 0.107 e.